The molecule has 3 aromatic heterocycles. The van der Waals surface area contributed by atoms with E-state index in [9.17, 15) is 4.79 Å². The fourth-order valence-corrected chi connectivity index (χ4v) is 2.19. The maximum absolute atomic E-state index is 12.5. The molecule has 3 N–H and O–H groups in total. The molecule has 0 unspecified atom stereocenters. The summed E-state index contributed by atoms with van der Waals surface area (Å²) in [5, 5.41) is 6.89. The van der Waals surface area contributed by atoms with Gasteiger partial charge in [-0.1, -0.05) is 6.07 Å². The van der Waals surface area contributed by atoms with Gasteiger partial charge in [-0.2, -0.15) is 0 Å². The summed E-state index contributed by atoms with van der Waals surface area (Å²) in [4.78, 5) is 16.5. The van der Waals surface area contributed by atoms with Crippen molar-refractivity contribution in [2.75, 3.05) is 17.7 Å². The number of nitrogen functional groups attached to an aromatic ring is 1. The number of pyridine rings is 2. The molecule has 0 saturated heterocycles. The number of anilines is 2. The first-order chi connectivity index (χ1) is 10.7. The van der Waals surface area contributed by atoms with Gasteiger partial charge in [-0.25, -0.2) is 4.52 Å². The first kappa shape index (κ1) is 13.9. The largest absolute Gasteiger partial charge is 0.492 e. The molecule has 7 nitrogen and oxygen atoms in total. The Morgan fingerprint density at radius 1 is 1.41 bits per heavy atom. The van der Waals surface area contributed by atoms with Crippen LogP contribution in [0.3, 0.4) is 0 Å². The van der Waals surface area contributed by atoms with E-state index in [0.717, 1.165) is 0 Å². The van der Waals surface area contributed by atoms with Crippen molar-refractivity contribution in [3.8, 4) is 5.75 Å². The van der Waals surface area contributed by atoms with E-state index in [4.69, 9.17) is 10.5 Å². The maximum atomic E-state index is 12.5. The van der Waals surface area contributed by atoms with Crippen LogP contribution >= 0.6 is 0 Å². The molecular weight excluding hydrogens is 282 g/mol. The molecule has 3 rings (SSSR count). The van der Waals surface area contributed by atoms with Crippen LogP contribution in [-0.4, -0.2) is 27.1 Å². The second-order valence-corrected chi connectivity index (χ2v) is 4.55. The van der Waals surface area contributed by atoms with Gasteiger partial charge in [-0.3, -0.25) is 9.78 Å². The van der Waals surface area contributed by atoms with E-state index in [1.165, 1.54) is 6.20 Å². The number of amides is 1. The Bertz CT molecular complexity index is 828. The number of nitrogens with two attached hydrogens (primary N) is 1. The lowest BCUT2D eigenvalue weighted by Gasteiger charge is -2.10. The number of nitrogens with zero attached hydrogens (tertiary/aromatic N) is 3. The van der Waals surface area contributed by atoms with Gasteiger partial charge in [-0.15, -0.1) is 5.10 Å². The zero-order valence-corrected chi connectivity index (χ0v) is 12.0. The number of hydrogen-bond acceptors (Lipinski definition) is 5. The number of fused-ring (bicyclic) bond motifs is 1. The monoisotopic (exact) mass is 297 g/mol. The smallest absolute Gasteiger partial charge is 0.261 e. The quantitative estimate of drug-likeness (QED) is 0.767. The van der Waals surface area contributed by atoms with Gasteiger partial charge in [0.25, 0.3) is 5.91 Å². The SMILES string of the molecule is CCOc1ccncc1NC(=O)c1c(N)nn2ccccc12. The number of ether oxygens (including phenoxy) is 1. The Morgan fingerprint density at radius 2 is 2.27 bits per heavy atom. The number of rotatable bonds is 4. The molecule has 0 bridgehead atoms. The predicted octanol–water partition coefficient (Wildman–Crippen LogP) is 1.96. The number of carbonyl (C=O) groups excluding carboxylic acids is 1. The molecule has 0 aromatic carbocycles. The summed E-state index contributed by atoms with van der Waals surface area (Å²) < 4.78 is 7.03. The maximum Gasteiger partial charge on any atom is 0.261 e. The highest BCUT2D eigenvalue weighted by atomic mass is 16.5. The van der Waals surface area contributed by atoms with Crippen LogP contribution < -0.4 is 15.8 Å². The summed E-state index contributed by atoms with van der Waals surface area (Å²) >= 11 is 0. The minimum Gasteiger partial charge on any atom is -0.492 e. The average Bonchev–Trinajstić information content (AvgIpc) is 2.85. The predicted molar refractivity (Wildman–Crippen MR) is 83.0 cm³/mol. The molecule has 0 aliphatic rings. The Labute approximate surface area is 126 Å². The van der Waals surface area contributed by atoms with Crippen molar-refractivity contribution in [2.45, 2.75) is 6.92 Å². The van der Waals surface area contributed by atoms with Gasteiger partial charge in [0, 0.05) is 18.5 Å². The fourth-order valence-electron chi connectivity index (χ4n) is 2.19. The number of carbonyl (C=O) groups is 1. The molecule has 7 heteroatoms. The summed E-state index contributed by atoms with van der Waals surface area (Å²) in [6, 6.07) is 7.11. The molecule has 0 radical (unpaired) electrons. The van der Waals surface area contributed by atoms with Gasteiger partial charge < -0.3 is 15.8 Å². The molecule has 0 aliphatic heterocycles. The van der Waals surface area contributed by atoms with Crippen LogP contribution in [0, 0.1) is 0 Å². The molecule has 3 aromatic rings. The van der Waals surface area contributed by atoms with Gasteiger partial charge in [0.05, 0.1) is 18.3 Å². The Kier molecular flexibility index (Phi) is 3.61. The molecule has 0 fully saturated rings. The Morgan fingerprint density at radius 3 is 3.09 bits per heavy atom. The van der Waals surface area contributed by atoms with Gasteiger partial charge in [0.15, 0.2) is 5.82 Å². The van der Waals surface area contributed by atoms with Gasteiger partial charge in [-0.05, 0) is 19.1 Å². The van der Waals surface area contributed by atoms with E-state index in [-0.39, 0.29) is 11.7 Å². The molecule has 1 amide bonds. The summed E-state index contributed by atoms with van der Waals surface area (Å²) in [6.45, 7) is 2.36. The lowest BCUT2D eigenvalue weighted by atomic mass is 10.2. The first-order valence-corrected chi connectivity index (χ1v) is 6.81. The molecule has 0 aliphatic carbocycles. The van der Waals surface area contributed by atoms with Crippen molar-refractivity contribution in [2.24, 2.45) is 0 Å². The van der Waals surface area contributed by atoms with E-state index in [1.807, 2.05) is 19.1 Å². The minimum atomic E-state index is -0.354. The molecule has 0 saturated carbocycles. The minimum absolute atomic E-state index is 0.172. The fraction of sp³-hybridized carbons (Fsp3) is 0.133. The van der Waals surface area contributed by atoms with Crippen LogP contribution in [0.4, 0.5) is 11.5 Å². The first-order valence-electron chi connectivity index (χ1n) is 6.81. The number of hydrogen-bond donors (Lipinski definition) is 2. The second-order valence-electron chi connectivity index (χ2n) is 4.55. The van der Waals surface area contributed by atoms with Crippen LogP contribution in [0.1, 0.15) is 17.3 Å². The highest BCUT2D eigenvalue weighted by Crippen LogP contribution is 2.25. The molecule has 3 heterocycles. The summed E-state index contributed by atoms with van der Waals surface area (Å²) in [7, 11) is 0. The topological polar surface area (TPSA) is 94.5 Å². The summed E-state index contributed by atoms with van der Waals surface area (Å²) in [6.07, 6.45) is 4.87. The Hall–Kier alpha value is -3.09. The number of aromatic nitrogens is 3. The third kappa shape index (κ3) is 2.44. The van der Waals surface area contributed by atoms with E-state index >= 15 is 0 Å². The van der Waals surface area contributed by atoms with Crippen molar-refractivity contribution in [1.82, 2.24) is 14.6 Å². The van der Waals surface area contributed by atoms with E-state index in [0.29, 0.717) is 29.1 Å². The van der Waals surface area contributed by atoms with Crippen LogP contribution in [0.5, 0.6) is 5.75 Å². The van der Waals surface area contributed by atoms with E-state index in [1.54, 1.807) is 29.0 Å². The van der Waals surface area contributed by atoms with E-state index in [2.05, 4.69) is 15.4 Å². The van der Waals surface area contributed by atoms with Crippen LogP contribution in [0.25, 0.3) is 5.52 Å². The van der Waals surface area contributed by atoms with Crippen molar-refractivity contribution < 1.29 is 9.53 Å². The highest BCUT2D eigenvalue weighted by Gasteiger charge is 2.19. The summed E-state index contributed by atoms with van der Waals surface area (Å²) in [5.41, 5.74) is 7.32. The van der Waals surface area contributed by atoms with Crippen LogP contribution in [0.2, 0.25) is 0 Å². The normalized spacial score (nSPS) is 10.6. The van der Waals surface area contributed by atoms with Crippen LogP contribution in [0.15, 0.2) is 42.9 Å². The molecule has 22 heavy (non-hydrogen) atoms. The van der Waals surface area contributed by atoms with Crippen molar-refractivity contribution in [3.05, 3.63) is 48.4 Å². The standard InChI is InChI=1S/C15H15N5O2/c1-2-22-12-6-7-17-9-10(12)18-15(21)13-11-5-3-4-8-20(11)19-14(13)16/h3-9H,2H2,1H3,(H2,16,19)(H,18,21). The zero-order chi connectivity index (χ0) is 15.5. The van der Waals surface area contributed by atoms with Crippen molar-refractivity contribution >= 4 is 22.9 Å². The van der Waals surface area contributed by atoms with Gasteiger partial charge >= 0.3 is 0 Å². The second kappa shape index (κ2) is 5.72. The van der Waals surface area contributed by atoms with Crippen molar-refractivity contribution in [3.63, 3.8) is 0 Å². The molecular formula is C15H15N5O2. The number of nitrogens with one attached hydrogen (secondary N) is 1. The van der Waals surface area contributed by atoms with Gasteiger partial charge in [0.1, 0.15) is 17.0 Å². The van der Waals surface area contributed by atoms with E-state index < -0.39 is 0 Å². The lowest BCUT2D eigenvalue weighted by molar-refractivity contribution is 0.102. The average molecular weight is 297 g/mol. The van der Waals surface area contributed by atoms with Crippen molar-refractivity contribution in [1.29, 1.82) is 0 Å². The zero-order valence-electron chi connectivity index (χ0n) is 12.0. The Balaban J connectivity index is 1.96. The molecule has 0 spiro atoms. The third-order valence-corrected chi connectivity index (χ3v) is 3.12. The highest BCUT2D eigenvalue weighted by molar-refractivity contribution is 6.12. The molecule has 0 atom stereocenters. The van der Waals surface area contributed by atoms with Crippen LogP contribution in [-0.2, 0) is 0 Å². The summed E-state index contributed by atoms with van der Waals surface area (Å²) in [5.74, 6) is 0.374. The van der Waals surface area contributed by atoms with Gasteiger partial charge in [0.2, 0.25) is 0 Å². The third-order valence-electron chi connectivity index (χ3n) is 3.12. The molecule has 112 valence electrons. The lowest BCUT2D eigenvalue weighted by Crippen LogP contribution is -2.14.